The van der Waals surface area contributed by atoms with Gasteiger partial charge in [-0.05, 0) is 41.6 Å². The molecule has 2 rings (SSSR count). The van der Waals surface area contributed by atoms with Gasteiger partial charge in [0.05, 0.1) is 0 Å². The van der Waals surface area contributed by atoms with Crippen LogP contribution in [0.15, 0.2) is 55.1 Å². The minimum Gasteiger partial charge on any atom is -0.298 e. The number of hydrogen-bond donors (Lipinski definition) is 0. The molecular weight excluding hydrogens is 278 g/mol. The zero-order valence-electron chi connectivity index (χ0n) is 15.2. The van der Waals surface area contributed by atoms with Crippen LogP contribution >= 0.6 is 0 Å². The minimum atomic E-state index is 0.213. The van der Waals surface area contributed by atoms with Gasteiger partial charge in [-0.3, -0.25) is 4.90 Å². The molecule has 2 aromatic rings. The summed E-state index contributed by atoms with van der Waals surface area (Å²) in [5, 5.41) is 0. The molecule has 122 valence electrons. The van der Waals surface area contributed by atoms with Crippen LogP contribution in [0, 0.1) is 0 Å². The van der Waals surface area contributed by atoms with Gasteiger partial charge < -0.3 is 0 Å². The first-order valence-electron chi connectivity index (χ1n) is 8.29. The lowest BCUT2D eigenvalue weighted by atomic mass is 9.87. The first kappa shape index (κ1) is 17.5. The van der Waals surface area contributed by atoms with E-state index >= 15 is 0 Å². The van der Waals surface area contributed by atoms with E-state index in [1.807, 2.05) is 0 Å². The standard InChI is InChI=1S/C22H29N/c1-17(2)21-10-8-7-9-19(21)16-23(6)15-18-11-13-20(14-12-18)22(3,4)5/h7-14H,1,15-16H2,2-6H3. The first-order chi connectivity index (χ1) is 10.8. The molecule has 0 heterocycles. The second-order valence-electron chi connectivity index (χ2n) is 7.56. The lowest BCUT2D eigenvalue weighted by Crippen LogP contribution is -2.18. The Labute approximate surface area is 141 Å². The van der Waals surface area contributed by atoms with Gasteiger partial charge >= 0.3 is 0 Å². The fourth-order valence-electron chi connectivity index (χ4n) is 2.84. The van der Waals surface area contributed by atoms with Crippen LogP contribution in [0.25, 0.3) is 5.57 Å². The molecule has 0 aliphatic heterocycles. The zero-order chi connectivity index (χ0) is 17.0. The zero-order valence-corrected chi connectivity index (χ0v) is 15.2. The number of benzene rings is 2. The average molecular weight is 307 g/mol. The summed E-state index contributed by atoms with van der Waals surface area (Å²) < 4.78 is 0. The van der Waals surface area contributed by atoms with Crippen molar-refractivity contribution in [3.63, 3.8) is 0 Å². The van der Waals surface area contributed by atoms with Gasteiger partial charge in [0.2, 0.25) is 0 Å². The van der Waals surface area contributed by atoms with Crippen LogP contribution in [0.5, 0.6) is 0 Å². The topological polar surface area (TPSA) is 3.24 Å². The van der Waals surface area contributed by atoms with E-state index in [2.05, 4.69) is 94.8 Å². The van der Waals surface area contributed by atoms with Crippen molar-refractivity contribution < 1.29 is 0 Å². The SMILES string of the molecule is C=C(C)c1ccccc1CN(C)Cc1ccc(C(C)(C)C)cc1. The van der Waals surface area contributed by atoms with Crippen LogP contribution in [-0.2, 0) is 18.5 Å². The Morgan fingerprint density at radius 2 is 1.57 bits per heavy atom. The van der Waals surface area contributed by atoms with E-state index in [9.17, 15) is 0 Å². The van der Waals surface area contributed by atoms with Crippen LogP contribution in [0.1, 0.15) is 49.9 Å². The van der Waals surface area contributed by atoms with Crippen molar-refractivity contribution in [2.75, 3.05) is 7.05 Å². The molecule has 1 heteroatoms. The van der Waals surface area contributed by atoms with Gasteiger partial charge in [0.25, 0.3) is 0 Å². The van der Waals surface area contributed by atoms with E-state index in [1.54, 1.807) is 0 Å². The van der Waals surface area contributed by atoms with Crippen LogP contribution in [0.3, 0.4) is 0 Å². The lowest BCUT2D eigenvalue weighted by Gasteiger charge is -2.21. The van der Waals surface area contributed by atoms with Gasteiger partial charge in [0.1, 0.15) is 0 Å². The molecule has 23 heavy (non-hydrogen) atoms. The van der Waals surface area contributed by atoms with Crippen molar-refractivity contribution in [3.8, 4) is 0 Å². The average Bonchev–Trinajstić information content (AvgIpc) is 2.47. The highest BCUT2D eigenvalue weighted by Gasteiger charge is 2.13. The molecule has 1 nitrogen and oxygen atoms in total. The smallest absolute Gasteiger partial charge is 0.0240 e. The van der Waals surface area contributed by atoms with Gasteiger partial charge in [0, 0.05) is 13.1 Å². The minimum absolute atomic E-state index is 0.213. The highest BCUT2D eigenvalue weighted by atomic mass is 15.1. The summed E-state index contributed by atoms with van der Waals surface area (Å²) in [6, 6.07) is 17.6. The molecule has 0 amide bonds. The summed E-state index contributed by atoms with van der Waals surface area (Å²) in [6.45, 7) is 14.8. The number of allylic oxidation sites excluding steroid dienone is 1. The molecule has 0 fully saturated rings. The third-order valence-corrected chi connectivity index (χ3v) is 4.19. The highest BCUT2D eigenvalue weighted by molar-refractivity contribution is 5.64. The molecule has 0 aliphatic carbocycles. The Morgan fingerprint density at radius 1 is 0.957 bits per heavy atom. The quantitative estimate of drug-likeness (QED) is 0.690. The largest absolute Gasteiger partial charge is 0.298 e. The van der Waals surface area contributed by atoms with E-state index in [4.69, 9.17) is 0 Å². The number of rotatable bonds is 5. The van der Waals surface area contributed by atoms with E-state index in [0.29, 0.717) is 0 Å². The van der Waals surface area contributed by atoms with E-state index in [-0.39, 0.29) is 5.41 Å². The molecular formula is C22H29N. The summed E-state index contributed by atoms with van der Waals surface area (Å²) in [5.41, 5.74) is 6.69. The monoisotopic (exact) mass is 307 g/mol. The molecule has 0 bridgehead atoms. The Kier molecular flexibility index (Phi) is 5.43. The maximum absolute atomic E-state index is 4.09. The summed E-state index contributed by atoms with van der Waals surface area (Å²) in [4.78, 5) is 2.36. The van der Waals surface area contributed by atoms with Crippen LogP contribution < -0.4 is 0 Å². The second kappa shape index (κ2) is 7.14. The number of nitrogens with zero attached hydrogens (tertiary/aromatic N) is 1. The van der Waals surface area contributed by atoms with Gasteiger partial charge in [-0.25, -0.2) is 0 Å². The van der Waals surface area contributed by atoms with Gasteiger partial charge in [-0.15, -0.1) is 0 Å². The molecule has 0 saturated carbocycles. The molecule has 2 aromatic carbocycles. The molecule has 0 saturated heterocycles. The predicted molar refractivity (Wildman–Crippen MR) is 101 cm³/mol. The summed E-state index contributed by atoms with van der Waals surface area (Å²) in [5.74, 6) is 0. The Balaban J connectivity index is 2.05. The molecule has 0 spiro atoms. The molecule has 0 atom stereocenters. The predicted octanol–water partition coefficient (Wildman–Crippen LogP) is 5.65. The first-order valence-corrected chi connectivity index (χ1v) is 8.29. The lowest BCUT2D eigenvalue weighted by molar-refractivity contribution is 0.319. The Hall–Kier alpha value is -1.86. The Morgan fingerprint density at radius 3 is 2.13 bits per heavy atom. The van der Waals surface area contributed by atoms with Crippen LogP contribution in [-0.4, -0.2) is 11.9 Å². The van der Waals surface area contributed by atoms with E-state index < -0.39 is 0 Å². The third kappa shape index (κ3) is 4.80. The molecule has 0 aromatic heterocycles. The van der Waals surface area contributed by atoms with Crippen molar-refractivity contribution >= 4 is 5.57 Å². The molecule has 0 N–H and O–H groups in total. The maximum atomic E-state index is 4.09. The van der Waals surface area contributed by atoms with Crippen LogP contribution in [0.2, 0.25) is 0 Å². The number of hydrogen-bond acceptors (Lipinski definition) is 1. The molecule has 0 unspecified atom stereocenters. The van der Waals surface area contributed by atoms with E-state index in [1.165, 1.54) is 22.3 Å². The molecule has 0 aliphatic rings. The van der Waals surface area contributed by atoms with Gasteiger partial charge in [0.15, 0.2) is 0 Å². The normalized spacial score (nSPS) is 11.7. The summed E-state index contributed by atoms with van der Waals surface area (Å²) in [6.07, 6.45) is 0. The summed E-state index contributed by atoms with van der Waals surface area (Å²) in [7, 11) is 2.17. The van der Waals surface area contributed by atoms with Crippen molar-refractivity contribution in [1.82, 2.24) is 4.90 Å². The Bertz CT molecular complexity index is 659. The third-order valence-electron chi connectivity index (χ3n) is 4.19. The highest BCUT2D eigenvalue weighted by Crippen LogP contribution is 2.23. The molecule has 0 radical (unpaired) electrons. The van der Waals surface area contributed by atoms with Crippen molar-refractivity contribution in [2.24, 2.45) is 0 Å². The fraction of sp³-hybridized carbons (Fsp3) is 0.364. The fourth-order valence-corrected chi connectivity index (χ4v) is 2.84. The summed E-state index contributed by atoms with van der Waals surface area (Å²) >= 11 is 0. The van der Waals surface area contributed by atoms with Crippen molar-refractivity contribution in [2.45, 2.75) is 46.2 Å². The maximum Gasteiger partial charge on any atom is 0.0240 e. The van der Waals surface area contributed by atoms with Crippen molar-refractivity contribution in [3.05, 3.63) is 77.4 Å². The van der Waals surface area contributed by atoms with Crippen molar-refractivity contribution in [1.29, 1.82) is 0 Å². The van der Waals surface area contributed by atoms with Gasteiger partial charge in [-0.2, -0.15) is 0 Å². The second-order valence-corrected chi connectivity index (χ2v) is 7.56. The van der Waals surface area contributed by atoms with Gasteiger partial charge in [-0.1, -0.05) is 81.5 Å². The van der Waals surface area contributed by atoms with Crippen LogP contribution in [0.4, 0.5) is 0 Å². The van der Waals surface area contributed by atoms with E-state index in [0.717, 1.165) is 18.7 Å².